The first-order valence-electron chi connectivity index (χ1n) is 4.62. The molecule has 0 saturated heterocycles. The van der Waals surface area contributed by atoms with E-state index in [-0.39, 0.29) is 6.04 Å². The van der Waals surface area contributed by atoms with Crippen molar-refractivity contribution in [2.24, 2.45) is 0 Å². The molecule has 0 spiro atoms. The van der Waals surface area contributed by atoms with E-state index in [2.05, 4.69) is 15.3 Å². The van der Waals surface area contributed by atoms with Crippen LogP contribution in [0.4, 0.5) is 14.7 Å². The number of rotatable bonds is 2. The van der Waals surface area contributed by atoms with Crippen molar-refractivity contribution in [1.82, 2.24) is 9.97 Å². The molecule has 0 aliphatic heterocycles. The van der Waals surface area contributed by atoms with Crippen LogP contribution in [0.25, 0.3) is 0 Å². The van der Waals surface area contributed by atoms with Gasteiger partial charge in [0.05, 0.1) is 12.4 Å². The van der Waals surface area contributed by atoms with Crippen LogP contribution in [-0.4, -0.2) is 22.2 Å². The summed E-state index contributed by atoms with van der Waals surface area (Å²) in [5.41, 5.74) is 0. The Labute approximate surface area is 80.6 Å². The normalized spacial score (nSPS) is 26.4. The number of aromatic nitrogens is 2. The molecule has 0 unspecified atom stereocenters. The molecular weight excluding hydrogens is 188 g/mol. The Morgan fingerprint density at radius 1 is 1.29 bits per heavy atom. The number of alkyl halides is 1. The summed E-state index contributed by atoms with van der Waals surface area (Å²) in [4.78, 5) is 7.49. The number of nitrogens with one attached hydrogen (secondary N) is 1. The second-order valence-corrected chi connectivity index (χ2v) is 3.48. The minimum atomic E-state index is -0.729. The van der Waals surface area contributed by atoms with E-state index < -0.39 is 12.0 Å². The topological polar surface area (TPSA) is 37.8 Å². The first-order chi connectivity index (χ1) is 6.74. The largest absolute Gasteiger partial charge is 0.351 e. The minimum Gasteiger partial charge on any atom is -0.351 e. The van der Waals surface area contributed by atoms with Gasteiger partial charge in [0, 0.05) is 6.04 Å². The van der Waals surface area contributed by atoms with Crippen molar-refractivity contribution in [3.63, 3.8) is 0 Å². The summed E-state index contributed by atoms with van der Waals surface area (Å²) < 4.78 is 25.2. The quantitative estimate of drug-likeness (QED) is 0.790. The molecule has 76 valence electrons. The van der Waals surface area contributed by atoms with Gasteiger partial charge in [-0.05, 0) is 19.3 Å². The van der Waals surface area contributed by atoms with Crippen LogP contribution in [0.3, 0.4) is 0 Å². The molecule has 0 bridgehead atoms. The van der Waals surface area contributed by atoms with Crippen LogP contribution in [0.5, 0.6) is 0 Å². The fourth-order valence-electron chi connectivity index (χ4n) is 1.63. The van der Waals surface area contributed by atoms with Gasteiger partial charge in [0.15, 0.2) is 5.82 Å². The molecule has 0 amide bonds. The van der Waals surface area contributed by atoms with Crippen LogP contribution < -0.4 is 5.32 Å². The monoisotopic (exact) mass is 199 g/mol. The van der Waals surface area contributed by atoms with Crippen molar-refractivity contribution in [1.29, 1.82) is 0 Å². The molecule has 1 N–H and O–H groups in total. The highest BCUT2D eigenvalue weighted by molar-refractivity contribution is 5.25. The lowest BCUT2D eigenvalue weighted by Crippen LogP contribution is -2.17. The molecule has 1 aliphatic carbocycles. The smallest absolute Gasteiger partial charge is 0.222 e. The lowest BCUT2D eigenvalue weighted by Gasteiger charge is -2.10. The Kier molecular flexibility index (Phi) is 2.56. The lowest BCUT2D eigenvalue weighted by atomic mass is 10.2. The van der Waals surface area contributed by atoms with Crippen LogP contribution in [0.15, 0.2) is 12.4 Å². The maximum atomic E-state index is 12.8. The van der Waals surface area contributed by atoms with Gasteiger partial charge in [0.1, 0.15) is 6.17 Å². The van der Waals surface area contributed by atoms with Gasteiger partial charge in [-0.25, -0.2) is 18.7 Å². The van der Waals surface area contributed by atoms with Gasteiger partial charge in [0.2, 0.25) is 5.95 Å². The first kappa shape index (κ1) is 9.30. The average molecular weight is 199 g/mol. The van der Waals surface area contributed by atoms with E-state index in [0.29, 0.717) is 18.8 Å². The SMILES string of the molecule is Fc1cnc(N[C@H]2CC[C@@H](F)C2)nc1. The van der Waals surface area contributed by atoms with Crippen molar-refractivity contribution >= 4 is 5.95 Å². The van der Waals surface area contributed by atoms with Gasteiger partial charge in [-0.2, -0.15) is 0 Å². The molecule has 14 heavy (non-hydrogen) atoms. The van der Waals surface area contributed by atoms with Gasteiger partial charge < -0.3 is 5.32 Å². The van der Waals surface area contributed by atoms with Gasteiger partial charge >= 0.3 is 0 Å². The van der Waals surface area contributed by atoms with Crippen molar-refractivity contribution < 1.29 is 8.78 Å². The molecule has 1 saturated carbocycles. The third-order valence-corrected chi connectivity index (χ3v) is 2.32. The molecule has 5 heteroatoms. The highest BCUT2D eigenvalue weighted by Gasteiger charge is 2.24. The second-order valence-electron chi connectivity index (χ2n) is 3.48. The molecule has 0 aromatic carbocycles. The zero-order valence-electron chi connectivity index (χ0n) is 7.58. The van der Waals surface area contributed by atoms with Gasteiger partial charge in [-0.1, -0.05) is 0 Å². The molecule has 1 heterocycles. The van der Waals surface area contributed by atoms with Crippen LogP contribution in [0, 0.1) is 5.82 Å². The Balaban J connectivity index is 1.94. The molecule has 1 aromatic rings. The fraction of sp³-hybridized carbons (Fsp3) is 0.556. The van der Waals surface area contributed by atoms with E-state index in [4.69, 9.17) is 0 Å². The number of hydrogen-bond acceptors (Lipinski definition) is 3. The molecule has 1 aromatic heterocycles. The van der Waals surface area contributed by atoms with Gasteiger partial charge in [-0.3, -0.25) is 0 Å². The van der Waals surface area contributed by atoms with E-state index in [1.807, 2.05) is 0 Å². The van der Waals surface area contributed by atoms with Crippen molar-refractivity contribution in [2.45, 2.75) is 31.5 Å². The number of nitrogens with zero attached hydrogens (tertiary/aromatic N) is 2. The second kappa shape index (κ2) is 3.86. The predicted molar refractivity (Wildman–Crippen MR) is 48.1 cm³/mol. The average Bonchev–Trinajstić information content (AvgIpc) is 2.56. The Bertz CT molecular complexity index is 301. The lowest BCUT2D eigenvalue weighted by molar-refractivity contribution is 0.340. The maximum Gasteiger partial charge on any atom is 0.222 e. The highest BCUT2D eigenvalue weighted by atomic mass is 19.1. The van der Waals surface area contributed by atoms with E-state index in [1.165, 1.54) is 0 Å². The van der Waals surface area contributed by atoms with E-state index in [0.717, 1.165) is 18.8 Å². The predicted octanol–water partition coefficient (Wildman–Crippen LogP) is 1.92. The number of anilines is 1. The third kappa shape index (κ3) is 2.16. The van der Waals surface area contributed by atoms with Crippen molar-refractivity contribution in [3.8, 4) is 0 Å². The molecule has 3 nitrogen and oxygen atoms in total. The molecule has 2 rings (SSSR count). The molecule has 0 radical (unpaired) electrons. The standard InChI is InChI=1S/C9H11F2N3/c10-6-1-2-8(3-6)14-9-12-4-7(11)5-13-9/h4-6,8H,1-3H2,(H,12,13,14)/t6-,8+/m1/s1. The van der Waals surface area contributed by atoms with Crippen LogP contribution >= 0.6 is 0 Å². The summed E-state index contributed by atoms with van der Waals surface area (Å²) in [6.45, 7) is 0. The Morgan fingerprint density at radius 2 is 2.00 bits per heavy atom. The van der Waals surface area contributed by atoms with Gasteiger partial charge in [-0.15, -0.1) is 0 Å². The summed E-state index contributed by atoms with van der Waals surface area (Å²) in [6, 6.07) is 0.0791. The third-order valence-electron chi connectivity index (χ3n) is 2.32. The summed E-state index contributed by atoms with van der Waals surface area (Å²) in [5, 5.41) is 2.97. The summed E-state index contributed by atoms with van der Waals surface area (Å²) in [7, 11) is 0. The molecule has 2 atom stereocenters. The van der Waals surface area contributed by atoms with Crippen LogP contribution in [-0.2, 0) is 0 Å². The minimum absolute atomic E-state index is 0.0791. The molecular formula is C9H11F2N3. The van der Waals surface area contributed by atoms with Crippen LogP contribution in [0.1, 0.15) is 19.3 Å². The highest BCUT2D eigenvalue weighted by Crippen LogP contribution is 2.23. The summed E-state index contributed by atoms with van der Waals surface area (Å²) in [5.74, 6) is -0.101. The zero-order valence-corrected chi connectivity index (χ0v) is 7.58. The Hall–Kier alpha value is -1.26. The van der Waals surface area contributed by atoms with Crippen molar-refractivity contribution in [2.75, 3.05) is 5.32 Å². The van der Waals surface area contributed by atoms with Gasteiger partial charge in [0.25, 0.3) is 0 Å². The van der Waals surface area contributed by atoms with E-state index in [9.17, 15) is 8.78 Å². The molecule has 1 aliphatic rings. The fourth-order valence-corrected chi connectivity index (χ4v) is 1.63. The number of halogens is 2. The Morgan fingerprint density at radius 3 is 2.57 bits per heavy atom. The zero-order chi connectivity index (χ0) is 9.97. The van der Waals surface area contributed by atoms with Crippen LogP contribution in [0.2, 0.25) is 0 Å². The molecule has 1 fully saturated rings. The number of hydrogen-bond donors (Lipinski definition) is 1. The van der Waals surface area contributed by atoms with E-state index in [1.54, 1.807) is 0 Å². The summed E-state index contributed by atoms with van der Waals surface area (Å²) in [6.07, 6.45) is 3.31. The van der Waals surface area contributed by atoms with E-state index >= 15 is 0 Å². The summed E-state index contributed by atoms with van der Waals surface area (Å²) >= 11 is 0. The van der Waals surface area contributed by atoms with Crippen molar-refractivity contribution in [3.05, 3.63) is 18.2 Å². The maximum absolute atomic E-state index is 12.8. The first-order valence-corrected chi connectivity index (χ1v) is 4.62.